The highest BCUT2D eigenvalue weighted by Crippen LogP contribution is 2.45. The molecule has 2 aromatic heterocycles. The summed E-state index contributed by atoms with van der Waals surface area (Å²) in [4.78, 5) is 0. The summed E-state index contributed by atoms with van der Waals surface area (Å²) in [5, 5.41) is 12.1. The Morgan fingerprint density at radius 1 is 0.259 bits per heavy atom. The molecule has 0 saturated heterocycles. The summed E-state index contributed by atoms with van der Waals surface area (Å²) >= 11 is 0. The van der Waals surface area contributed by atoms with Crippen molar-refractivity contribution in [2.45, 2.75) is 0 Å². The van der Waals surface area contributed by atoms with Crippen LogP contribution >= 0.6 is 0 Å². The van der Waals surface area contributed by atoms with Gasteiger partial charge in [0.1, 0.15) is 22.3 Å². The van der Waals surface area contributed by atoms with Crippen molar-refractivity contribution in [3.8, 4) is 44.5 Å². The van der Waals surface area contributed by atoms with Crippen molar-refractivity contribution in [3.05, 3.63) is 182 Å². The molecule has 0 radical (unpaired) electrons. The zero-order valence-electron chi connectivity index (χ0n) is 29.1. The van der Waals surface area contributed by atoms with Crippen LogP contribution in [0, 0.1) is 0 Å². The second-order valence-electron chi connectivity index (χ2n) is 14.4. The first kappa shape index (κ1) is 29.4. The molecule has 12 aromatic rings. The minimum Gasteiger partial charge on any atom is -0.455 e. The van der Waals surface area contributed by atoms with E-state index in [0.717, 1.165) is 77.3 Å². The van der Waals surface area contributed by atoms with Gasteiger partial charge < -0.3 is 8.83 Å². The molecule has 0 fully saturated rings. The lowest BCUT2D eigenvalue weighted by Crippen LogP contribution is -1.89. The van der Waals surface area contributed by atoms with E-state index in [0.29, 0.717) is 0 Å². The number of para-hydroxylation sites is 2. The lowest BCUT2D eigenvalue weighted by molar-refractivity contribution is 0.670. The summed E-state index contributed by atoms with van der Waals surface area (Å²) in [6.07, 6.45) is 0. The standard InChI is InChI=1S/C52H30O2/c1-3-9-31(10-4-1)39-13-7-15-45-41-25-21-35(29-47(41)53-51(39)45)37-23-17-33-20-28-44-38(24-18-34-19-27-43(37)49(33)50(34)44)36-22-26-42-46-16-8-14-40(32-11-5-2-6-12-32)52(46)54-48(42)30-36/h1-30H. The molecule has 0 bridgehead atoms. The molecule has 2 heteroatoms. The molecule has 12 rings (SSSR count). The van der Waals surface area contributed by atoms with Gasteiger partial charge in [-0.3, -0.25) is 0 Å². The van der Waals surface area contributed by atoms with Gasteiger partial charge in [-0.15, -0.1) is 0 Å². The number of hydrogen-bond acceptors (Lipinski definition) is 2. The van der Waals surface area contributed by atoms with E-state index in [1.165, 1.54) is 43.4 Å². The van der Waals surface area contributed by atoms with Crippen molar-refractivity contribution in [1.82, 2.24) is 0 Å². The topological polar surface area (TPSA) is 26.3 Å². The van der Waals surface area contributed by atoms with Crippen LogP contribution in [0.3, 0.4) is 0 Å². The van der Waals surface area contributed by atoms with Crippen molar-refractivity contribution in [3.63, 3.8) is 0 Å². The fourth-order valence-electron chi connectivity index (χ4n) is 8.93. The monoisotopic (exact) mass is 686 g/mol. The minimum absolute atomic E-state index is 0.899. The SMILES string of the molecule is c1ccc(-c2cccc3c2oc2cc(-c4ccc5ccc6c(-c7ccc8c(c7)oc7c(-c9ccccc9)cccc78)ccc7ccc4c5c76)ccc23)cc1. The first-order chi connectivity index (χ1) is 26.8. The van der Waals surface area contributed by atoms with Gasteiger partial charge in [0.05, 0.1) is 0 Å². The molecule has 250 valence electrons. The molecule has 54 heavy (non-hydrogen) atoms. The Morgan fingerprint density at radius 3 is 1.15 bits per heavy atom. The van der Waals surface area contributed by atoms with Crippen molar-refractivity contribution >= 4 is 76.2 Å². The van der Waals surface area contributed by atoms with Crippen LogP contribution in [0.5, 0.6) is 0 Å². The number of fused-ring (bicyclic) bond motifs is 6. The molecule has 10 aromatic carbocycles. The predicted molar refractivity (Wildman–Crippen MR) is 226 cm³/mol. The van der Waals surface area contributed by atoms with E-state index >= 15 is 0 Å². The maximum atomic E-state index is 6.66. The summed E-state index contributed by atoms with van der Waals surface area (Å²) in [6.45, 7) is 0. The van der Waals surface area contributed by atoms with Crippen LogP contribution in [0.15, 0.2) is 191 Å². The Balaban J connectivity index is 1.02. The summed E-state index contributed by atoms with van der Waals surface area (Å²) in [5.41, 5.74) is 12.9. The molecule has 2 nitrogen and oxygen atoms in total. The number of hydrogen-bond donors (Lipinski definition) is 0. The van der Waals surface area contributed by atoms with Crippen LogP contribution < -0.4 is 0 Å². The highest BCUT2D eigenvalue weighted by Gasteiger charge is 2.18. The van der Waals surface area contributed by atoms with E-state index in [4.69, 9.17) is 8.83 Å². The molecule has 0 atom stereocenters. The molecular weight excluding hydrogens is 657 g/mol. The number of benzene rings is 10. The molecular formula is C52H30O2. The van der Waals surface area contributed by atoms with Gasteiger partial charge in [0.25, 0.3) is 0 Å². The van der Waals surface area contributed by atoms with Gasteiger partial charge in [-0.25, -0.2) is 0 Å². The first-order valence-corrected chi connectivity index (χ1v) is 18.5. The molecule has 0 aliphatic carbocycles. The van der Waals surface area contributed by atoms with E-state index in [9.17, 15) is 0 Å². The molecule has 0 unspecified atom stereocenters. The number of furan rings is 2. The van der Waals surface area contributed by atoms with Crippen molar-refractivity contribution in [2.24, 2.45) is 0 Å². The summed E-state index contributed by atoms with van der Waals surface area (Å²) < 4.78 is 13.3. The second kappa shape index (κ2) is 11.2. The minimum atomic E-state index is 0.899. The van der Waals surface area contributed by atoms with Crippen LogP contribution in [0.2, 0.25) is 0 Å². The zero-order chi connectivity index (χ0) is 35.3. The lowest BCUT2D eigenvalue weighted by Gasteiger charge is -2.16. The third-order valence-corrected chi connectivity index (χ3v) is 11.5. The van der Waals surface area contributed by atoms with Crippen LogP contribution in [0.4, 0.5) is 0 Å². The third kappa shape index (κ3) is 4.22. The molecule has 2 heterocycles. The molecule has 0 aliphatic heterocycles. The molecule has 0 aliphatic rings. The quantitative estimate of drug-likeness (QED) is 0.172. The Labute approximate surface area is 310 Å². The molecule has 0 amide bonds. The second-order valence-corrected chi connectivity index (χ2v) is 14.4. The third-order valence-electron chi connectivity index (χ3n) is 11.5. The van der Waals surface area contributed by atoms with Crippen LogP contribution in [-0.4, -0.2) is 0 Å². The van der Waals surface area contributed by atoms with Gasteiger partial charge >= 0.3 is 0 Å². The zero-order valence-corrected chi connectivity index (χ0v) is 29.1. The van der Waals surface area contributed by atoms with E-state index in [1.54, 1.807) is 0 Å². The normalized spacial score (nSPS) is 12.1. The van der Waals surface area contributed by atoms with Crippen LogP contribution in [0.1, 0.15) is 0 Å². The Kier molecular flexibility index (Phi) is 6.09. The van der Waals surface area contributed by atoms with E-state index < -0.39 is 0 Å². The molecule has 0 N–H and O–H groups in total. The van der Waals surface area contributed by atoms with Gasteiger partial charge in [0.2, 0.25) is 0 Å². The summed E-state index contributed by atoms with van der Waals surface area (Å²) in [5.74, 6) is 0. The maximum absolute atomic E-state index is 6.66. The Bertz CT molecular complexity index is 3190. The molecule has 0 spiro atoms. The first-order valence-electron chi connectivity index (χ1n) is 18.5. The fourth-order valence-corrected chi connectivity index (χ4v) is 8.93. The van der Waals surface area contributed by atoms with E-state index in [1.807, 2.05) is 0 Å². The maximum Gasteiger partial charge on any atom is 0.143 e. The van der Waals surface area contributed by atoms with Gasteiger partial charge in [0, 0.05) is 32.7 Å². The summed E-state index contributed by atoms with van der Waals surface area (Å²) in [6, 6.07) is 65.4. The van der Waals surface area contributed by atoms with E-state index in [2.05, 4.69) is 182 Å². The summed E-state index contributed by atoms with van der Waals surface area (Å²) in [7, 11) is 0. The predicted octanol–water partition coefficient (Wildman–Crippen LogP) is 15.1. The van der Waals surface area contributed by atoms with Gasteiger partial charge in [0.15, 0.2) is 0 Å². The highest BCUT2D eigenvalue weighted by atomic mass is 16.3. The molecule has 0 saturated carbocycles. The lowest BCUT2D eigenvalue weighted by atomic mass is 9.87. The van der Waals surface area contributed by atoms with Crippen molar-refractivity contribution in [1.29, 1.82) is 0 Å². The van der Waals surface area contributed by atoms with E-state index in [-0.39, 0.29) is 0 Å². The van der Waals surface area contributed by atoms with Crippen LogP contribution in [-0.2, 0) is 0 Å². The average molecular weight is 687 g/mol. The Morgan fingerprint density at radius 2 is 0.685 bits per heavy atom. The smallest absolute Gasteiger partial charge is 0.143 e. The highest BCUT2D eigenvalue weighted by molar-refractivity contribution is 6.28. The average Bonchev–Trinajstić information content (AvgIpc) is 3.81. The largest absolute Gasteiger partial charge is 0.455 e. The fraction of sp³-hybridized carbons (Fsp3) is 0. The van der Waals surface area contributed by atoms with Crippen molar-refractivity contribution in [2.75, 3.05) is 0 Å². The Hall–Kier alpha value is -7.16. The van der Waals surface area contributed by atoms with Gasteiger partial charge in [-0.2, -0.15) is 0 Å². The van der Waals surface area contributed by atoms with Gasteiger partial charge in [-0.1, -0.05) is 158 Å². The number of rotatable bonds is 4. The van der Waals surface area contributed by atoms with Crippen molar-refractivity contribution < 1.29 is 8.83 Å². The van der Waals surface area contributed by atoms with Gasteiger partial charge in [-0.05, 0) is 90.0 Å². The van der Waals surface area contributed by atoms with Crippen LogP contribution in [0.25, 0.3) is 121 Å².